The maximum absolute atomic E-state index is 12.6. The number of aryl methyl sites for hydroxylation is 1. The molecular weight excluding hydrogens is 302 g/mol. The number of anilines is 1. The van der Waals surface area contributed by atoms with E-state index in [1.165, 1.54) is 0 Å². The van der Waals surface area contributed by atoms with Crippen molar-refractivity contribution in [1.82, 2.24) is 20.3 Å². The smallest absolute Gasteiger partial charge is 0.277 e. The van der Waals surface area contributed by atoms with Gasteiger partial charge in [-0.1, -0.05) is 37.3 Å². The molecule has 1 aromatic carbocycles. The maximum atomic E-state index is 12.6. The molecule has 0 saturated carbocycles. The number of hydrogen-bond acceptors (Lipinski definition) is 4. The molecule has 1 saturated heterocycles. The van der Waals surface area contributed by atoms with Gasteiger partial charge in [-0.3, -0.25) is 4.79 Å². The van der Waals surface area contributed by atoms with Crippen LogP contribution in [0.2, 0.25) is 0 Å². The van der Waals surface area contributed by atoms with Crippen molar-refractivity contribution >= 4 is 11.6 Å². The zero-order chi connectivity index (χ0) is 17.1. The lowest BCUT2D eigenvalue weighted by molar-refractivity contribution is 0.102. The first-order valence-electron chi connectivity index (χ1n) is 8.59. The Bertz CT molecular complexity index is 716. The minimum atomic E-state index is -0.202. The Hall–Kier alpha value is -2.21. The standard InChI is InChI=1S/C18H25N5O/c1-12(2)15-6-4-5-13(3)17(15)20-18(24)16-11-23(22-21-16)14-7-9-19-10-8-14/h4-6,11-12,14,19H,7-10H2,1-3H3,(H,20,24). The number of aromatic nitrogens is 3. The molecule has 0 bridgehead atoms. The SMILES string of the molecule is Cc1cccc(C(C)C)c1NC(=O)c1cn(C2CCNCC2)nn1. The number of nitrogens with zero attached hydrogens (tertiary/aromatic N) is 3. The van der Waals surface area contributed by atoms with E-state index in [9.17, 15) is 4.79 Å². The highest BCUT2D eigenvalue weighted by Gasteiger charge is 2.20. The number of carbonyl (C=O) groups excluding carboxylic acids is 1. The monoisotopic (exact) mass is 327 g/mol. The Balaban J connectivity index is 1.77. The lowest BCUT2D eigenvalue weighted by Gasteiger charge is -2.22. The molecule has 1 fully saturated rings. The van der Waals surface area contributed by atoms with Crippen LogP contribution in [0.4, 0.5) is 5.69 Å². The van der Waals surface area contributed by atoms with Gasteiger partial charge in [-0.05, 0) is 49.9 Å². The number of para-hydroxylation sites is 1. The molecule has 2 N–H and O–H groups in total. The van der Waals surface area contributed by atoms with Crippen LogP contribution >= 0.6 is 0 Å². The summed E-state index contributed by atoms with van der Waals surface area (Å²) in [6.07, 6.45) is 3.79. The van der Waals surface area contributed by atoms with Gasteiger partial charge in [-0.15, -0.1) is 5.10 Å². The summed E-state index contributed by atoms with van der Waals surface area (Å²) in [5, 5.41) is 14.6. The van der Waals surface area contributed by atoms with E-state index in [-0.39, 0.29) is 5.91 Å². The van der Waals surface area contributed by atoms with E-state index in [4.69, 9.17) is 0 Å². The summed E-state index contributed by atoms with van der Waals surface area (Å²) >= 11 is 0. The third-order valence-electron chi connectivity index (χ3n) is 4.59. The van der Waals surface area contributed by atoms with Gasteiger partial charge in [0.25, 0.3) is 5.91 Å². The summed E-state index contributed by atoms with van der Waals surface area (Å²) in [4.78, 5) is 12.6. The van der Waals surface area contributed by atoms with Gasteiger partial charge in [0, 0.05) is 5.69 Å². The Morgan fingerprint density at radius 2 is 2.08 bits per heavy atom. The number of nitrogens with one attached hydrogen (secondary N) is 2. The maximum Gasteiger partial charge on any atom is 0.277 e. The van der Waals surface area contributed by atoms with Crippen molar-refractivity contribution in [3.8, 4) is 0 Å². The first-order valence-corrected chi connectivity index (χ1v) is 8.59. The third kappa shape index (κ3) is 3.48. The molecule has 1 amide bonds. The molecule has 2 aromatic rings. The predicted octanol–water partition coefficient (Wildman–Crippen LogP) is 2.89. The number of benzene rings is 1. The van der Waals surface area contributed by atoms with Crippen LogP contribution in [0, 0.1) is 6.92 Å². The molecule has 6 heteroatoms. The summed E-state index contributed by atoms with van der Waals surface area (Å²) in [6.45, 7) is 8.21. The fourth-order valence-electron chi connectivity index (χ4n) is 3.15. The van der Waals surface area contributed by atoms with Crippen LogP contribution < -0.4 is 10.6 Å². The fourth-order valence-corrected chi connectivity index (χ4v) is 3.15. The summed E-state index contributed by atoms with van der Waals surface area (Å²) < 4.78 is 1.83. The van der Waals surface area contributed by atoms with Crippen LogP contribution in [0.25, 0.3) is 0 Å². The van der Waals surface area contributed by atoms with E-state index in [1.54, 1.807) is 6.20 Å². The minimum Gasteiger partial charge on any atom is -0.320 e. The summed E-state index contributed by atoms with van der Waals surface area (Å²) in [5.74, 6) is 0.136. The molecule has 0 radical (unpaired) electrons. The van der Waals surface area contributed by atoms with Gasteiger partial charge in [0.2, 0.25) is 0 Å². The van der Waals surface area contributed by atoms with E-state index < -0.39 is 0 Å². The molecule has 0 aliphatic carbocycles. The van der Waals surface area contributed by atoms with Crippen molar-refractivity contribution in [2.75, 3.05) is 18.4 Å². The van der Waals surface area contributed by atoms with Gasteiger partial charge >= 0.3 is 0 Å². The van der Waals surface area contributed by atoms with Crippen molar-refractivity contribution in [1.29, 1.82) is 0 Å². The average molecular weight is 327 g/mol. The number of piperidine rings is 1. The van der Waals surface area contributed by atoms with Gasteiger partial charge in [0.1, 0.15) is 0 Å². The molecule has 128 valence electrons. The lowest BCUT2D eigenvalue weighted by atomic mass is 9.98. The molecule has 0 unspecified atom stereocenters. The van der Waals surface area contributed by atoms with Gasteiger partial charge in [-0.25, -0.2) is 4.68 Å². The highest BCUT2D eigenvalue weighted by atomic mass is 16.2. The largest absolute Gasteiger partial charge is 0.320 e. The van der Waals surface area contributed by atoms with Crippen molar-refractivity contribution in [3.05, 3.63) is 41.2 Å². The first kappa shape index (κ1) is 16.6. The van der Waals surface area contributed by atoms with E-state index in [1.807, 2.05) is 23.7 Å². The Morgan fingerprint density at radius 1 is 1.33 bits per heavy atom. The molecule has 24 heavy (non-hydrogen) atoms. The molecule has 1 aromatic heterocycles. The van der Waals surface area contributed by atoms with E-state index in [0.29, 0.717) is 17.7 Å². The van der Waals surface area contributed by atoms with Crippen molar-refractivity contribution < 1.29 is 4.79 Å². The van der Waals surface area contributed by atoms with E-state index >= 15 is 0 Å². The molecule has 6 nitrogen and oxygen atoms in total. The number of hydrogen-bond donors (Lipinski definition) is 2. The summed E-state index contributed by atoms with van der Waals surface area (Å²) in [6, 6.07) is 6.41. The number of rotatable bonds is 4. The molecule has 0 spiro atoms. The predicted molar refractivity (Wildman–Crippen MR) is 94.4 cm³/mol. The topological polar surface area (TPSA) is 71.8 Å². The van der Waals surface area contributed by atoms with Gasteiger partial charge in [0.15, 0.2) is 5.69 Å². The second-order valence-electron chi connectivity index (χ2n) is 6.71. The van der Waals surface area contributed by atoms with Crippen LogP contribution in [0.1, 0.15) is 60.3 Å². The van der Waals surface area contributed by atoms with Gasteiger partial charge in [0.05, 0.1) is 12.2 Å². The van der Waals surface area contributed by atoms with Gasteiger partial charge < -0.3 is 10.6 Å². The second-order valence-corrected chi connectivity index (χ2v) is 6.71. The second kappa shape index (κ2) is 7.13. The molecule has 1 aliphatic heterocycles. The Labute approximate surface area is 142 Å². The molecule has 0 atom stereocenters. The summed E-state index contributed by atoms with van der Waals surface area (Å²) in [5.41, 5.74) is 3.44. The van der Waals surface area contributed by atoms with Crippen LogP contribution in [0.5, 0.6) is 0 Å². The lowest BCUT2D eigenvalue weighted by Crippen LogP contribution is -2.29. The molecule has 1 aliphatic rings. The number of amides is 1. The van der Waals surface area contributed by atoms with Crippen molar-refractivity contribution in [2.24, 2.45) is 0 Å². The Morgan fingerprint density at radius 3 is 2.79 bits per heavy atom. The van der Waals surface area contributed by atoms with Crippen molar-refractivity contribution in [2.45, 2.75) is 45.6 Å². The quantitative estimate of drug-likeness (QED) is 0.906. The average Bonchev–Trinajstić information content (AvgIpc) is 3.07. The van der Waals surface area contributed by atoms with Crippen LogP contribution in [0.3, 0.4) is 0 Å². The number of carbonyl (C=O) groups is 1. The highest BCUT2D eigenvalue weighted by Crippen LogP contribution is 2.27. The van der Waals surface area contributed by atoms with Crippen LogP contribution in [0.15, 0.2) is 24.4 Å². The van der Waals surface area contributed by atoms with Gasteiger partial charge in [-0.2, -0.15) is 0 Å². The van der Waals surface area contributed by atoms with Crippen LogP contribution in [-0.4, -0.2) is 34.0 Å². The van der Waals surface area contributed by atoms with Crippen LogP contribution in [-0.2, 0) is 0 Å². The Kier molecular flexibility index (Phi) is 4.94. The van der Waals surface area contributed by atoms with Crippen molar-refractivity contribution in [3.63, 3.8) is 0 Å². The van der Waals surface area contributed by atoms with E-state index in [0.717, 1.165) is 42.7 Å². The first-order chi connectivity index (χ1) is 11.6. The summed E-state index contributed by atoms with van der Waals surface area (Å²) in [7, 11) is 0. The zero-order valence-electron chi connectivity index (χ0n) is 14.5. The fraction of sp³-hybridized carbons (Fsp3) is 0.500. The molecular formula is C18H25N5O. The third-order valence-corrected chi connectivity index (χ3v) is 4.59. The van der Waals surface area contributed by atoms with E-state index in [2.05, 4.69) is 40.9 Å². The zero-order valence-corrected chi connectivity index (χ0v) is 14.5. The highest BCUT2D eigenvalue weighted by molar-refractivity contribution is 6.03. The molecule has 3 rings (SSSR count). The molecule has 2 heterocycles. The normalized spacial score (nSPS) is 15.7. The minimum absolute atomic E-state index is 0.202.